The Labute approximate surface area is 163 Å². The highest BCUT2D eigenvalue weighted by Crippen LogP contribution is 2.26. The standard InChI is InChI=1S/C20H23N3O5/c1-21(17-10-5-6-11-18(17)23(27)28)15-19(24)22(13-7-12-20(25)26)14-16-8-3-2-4-9-16/h2-6,8-11H,7,12-15H2,1H3,(H,25,26). The molecule has 0 unspecified atom stereocenters. The number of carbonyl (C=O) groups is 2. The maximum atomic E-state index is 12.9. The number of rotatable bonds is 10. The van der Waals surface area contributed by atoms with Crippen molar-refractivity contribution in [2.75, 3.05) is 25.0 Å². The summed E-state index contributed by atoms with van der Waals surface area (Å²) < 4.78 is 0. The van der Waals surface area contributed by atoms with Crippen LogP contribution in [0.1, 0.15) is 18.4 Å². The average Bonchev–Trinajstić information content (AvgIpc) is 2.67. The summed E-state index contributed by atoms with van der Waals surface area (Å²) in [5, 5.41) is 20.1. The molecule has 0 heterocycles. The highest BCUT2D eigenvalue weighted by molar-refractivity contribution is 5.82. The van der Waals surface area contributed by atoms with Gasteiger partial charge in [0.25, 0.3) is 5.69 Å². The molecule has 0 bridgehead atoms. The van der Waals surface area contributed by atoms with Crippen LogP contribution < -0.4 is 4.90 Å². The summed E-state index contributed by atoms with van der Waals surface area (Å²) in [4.78, 5) is 37.5. The molecule has 0 aromatic heterocycles. The Morgan fingerprint density at radius 1 is 1.07 bits per heavy atom. The van der Waals surface area contributed by atoms with E-state index < -0.39 is 10.9 Å². The van der Waals surface area contributed by atoms with Crippen LogP contribution in [0.5, 0.6) is 0 Å². The summed E-state index contributed by atoms with van der Waals surface area (Å²) in [6, 6.07) is 15.6. The van der Waals surface area contributed by atoms with E-state index in [-0.39, 0.29) is 24.6 Å². The van der Waals surface area contributed by atoms with Crippen LogP contribution in [-0.4, -0.2) is 46.9 Å². The summed E-state index contributed by atoms with van der Waals surface area (Å²) in [6.07, 6.45) is 0.307. The molecule has 8 nitrogen and oxygen atoms in total. The fraction of sp³-hybridized carbons (Fsp3) is 0.300. The lowest BCUT2D eigenvalue weighted by atomic mass is 10.2. The lowest BCUT2D eigenvalue weighted by molar-refractivity contribution is -0.384. The van der Waals surface area contributed by atoms with E-state index in [1.165, 1.54) is 11.0 Å². The highest BCUT2D eigenvalue weighted by Gasteiger charge is 2.21. The number of carboxylic acid groups (broad SMARTS) is 1. The van der Waals surface area contributed by atoms with Gasteiger partial charge in [0.2, 0.25) is 5.91 Å². The highest BCUT2D eigenvalue weighted by atomic mass is 16.6. The molecule has 148 valence electrons. The number of benzene rings is 2. The number of amides is 1. The van der Waals surface area contributed by atoms with Crippen LogP contribution >= 0.6 is 0 Å². The molecular formula is C20H23N3O5. The molecule has 8 heteroatoms. The fourth-order valence-corrected chi connectivity index (χ4v) is 2.85. The second-order valence-electron chi connectivity index (χ2n) is 6.40. The summed E-state index contributed by atoms with van der Waals surface area (Å²) in [6.45, 7) is 0.597. The van der Waals surface area contributed by atoms with Crippen LogP contribution in [0.3, 0.4) is 0 Å². The van der Waals surface area contributed by atoms with Crippen LogP contribution in [0.2, 0.25) is 0 Å². The summed E-state index contributed by atoms with van der Waals surface area (Å²) >= 11 is 0. The second-order valence-corrected chi connectivity index (χ2v) is 6.40. The van der Waals surface area contributed by atoms with Gasteiger partial charge >= 0.3 is 5.97 Å². The summed E-state index contributed by atoms with van der Waals surface area (Å²) in [5.74, 6) is -1.14. The minimum absolute atomic E-state index is 0.0292. The maximum Gasteiger partial charge on any atom is 0.303 e. The van der Waals surface area contributed by atoms with E-state index in [1.54, 1.807) is 30.1 Å². The molecule has 0 aliphatic rings. The van der Waals surface area contributed by atoms with Gasteiger partial charge < -0.3 is 14.9 Å². The first-order valence-corrected chi connectivity index (χ1v) is 8.86. The van der Waals surface area contributed by atoms with Gasteiger partial charge in [-0.2, -0.15) is 0 Å². The Morgan fingerprint density at radius 2 is 1.71 bits per heavy atom. The van der Waals surface area contributed by atoms with Crippen molar-refractivity contribution in [1.29, 1.82) is 0 Å². The van der Waals surface area contributed by atoms with E-state index in [2.05, 4.69) is 0 Å². The maximum absolute atomic E-state index is 12.9. The number of nitrogens with zero attached hydrogens (tertiary/aromatic N) is 3. The quantitative estimate of drug-likeness (QED) is 0.498. The molecule has 2 aromatic carbocycles. The summed E-state index contributed by atoms with van der Waals surface area (Å²) in [7, 11) is 1.62. The SMILES string of the molecule is CN(CC(=O)N(CCCC(=O)O)Cc1ccccc1)c1ccccc1[N+](=O)[O-]. The number of carboxylic acids is 1. The number of hydrogen-bond donors (Lipinski definition) is 1. The van der Waals surface area contributed by atoms with Crippen molar-refractivity contribution < 1.29 is 19.6 Å². The third-order valence-corrected chi connectivity index (χ3v) is 4.25. The molecule has 1 amide bonds. The smallest absolute Gasteiger partial charge is 0.303 e. The van der Waals surface area contributed by atoms with Gasteiger partial charge in [0.15, 0.2) is 0 Å². The van der Waals surface area contributed by atoms with Gasteiger partial charge in [-0.1, -0.05) is 42.5 Å². The van der Waals surface area contributed by atoms with Crippen molar-refractivity contribution in [2.45, 2.75) is 19.4 Å². The predicted octanol–water partition coefficient (Wildman–Crippen LogP) is 2.92. The molecule has 0 radical (unpaired) electrons. The molecule has 0 saturated carbocycles. The van der Waals surface area contributed by atoms with E-state index >= 15 is 0 Å². The van der Waals surface area contributed by atoms with Crippen LogP contribution in [-0.2, 0) is 16.1 Å². The van der Waals surface area contributed by atoms with Gasteiger partial charge in [0.1, 0.15) is 5.69 Å². The first-order chi connectivity index (χ1) is 13.4. The second kappa shape index (κ2) is 10.1. The van der Waals surface area contributed by atoms with E-state index in [4.69, 9.17) is 5.11 Å². The third kappa shape index (κ3) is 6.08. The molecule has 0 spiro atoms. The number of nitro benzene ring substituents is 1. The normalized spacial score (nSPS) is 10.3. The molecule has 1 N–H and O–H groups in total. The molecule has 2 aromatic rings. The van der Waals surface area contributed by atoms with E-state index in [9.17, 15) is 19.7 Å². The fourth-order valence-electron chi connectivity index (χ4n) is 2.85. The van der Waals surface area contributed by atoms with Crippen molar-refractivity contribution in [3.8, 4) is 0 Å². The zero-order chi connectivity index (χ0) is 20.5. The van der Waals surface area contributed by atoms with Crippen molar-refractivity contribution in [3.63, 3.8) is 0 Å². The van der Waals surface area contributed by atoms with Crippen molar-refractivity contribution >= 4 is 23.3 Å². The number of hydrogen-bond acceptors (Lipinski definition) is 5. The summed E-state index contributed by atoms with van der Waals surface area (Å²) in [5.41, 5.74) is 1.21. The zero-order valence-corrected chi connectivity index (χ0v) is 15.7. The molecule has 0 aliphatic carbocycles. The Balaban J connectivity index is 2.12. The van der Waals surface area contributed by atoms with Crippen LogP contribution in [0.25, 0.3) is 0 Å². The van der Waals surface area contributed by atoms with E-state index in [0.717, 1.165) is 5.56 Å². The Bertz CT molecular complexity index is 826. The Hall–Kier alpha value is -3.42. The number of nitro groups is 1. The first-order valence-electron chi connectivity index (χ1n) is 8.86. The molecule has 0 atom stereocenters. The number of anilines is 1. The number of likely N-dealkylation sites (N-methyl/N-ethyl adjacent to an activating group) is 1. The van der Waals surface area contributed by atoms with Crippen molar-refractivity contribution in [2.24, 2.45) is 0 Å². The molecule has 0 fully saturated rings. The molecule has 0 saturated heterocycles. The van der Waals surface area contributed by atoms with Gasteiger partial charge in [0, 0.05) is 32.6 Å². The topological polar surface area (TPSA) is 104 Å². The van der Waals surface area contributed by atoms with Crippen molar-refractivity contribution in [3.05, 3.63) is 70.3 Å². The van der Waals surface area contributed by atoms with E-state index in [1.807, 2.05) is 30.3 Å². The largest absolute Gasteiger partial charge is 0.481 e. The van der Waals surface area contributed by atoms with Gasteiger partial charge in [-0.15, -0.1) is 0 Å². The van der Waals surface area contributed by atoms with Gasteiger partial charge in [0.05, 0.1) is 11.5 Å². The van der Waals surface area contributed by atoms with Gasteiger partial charge in [-0.3, -0.25) is 19.7 Å². The lowest BCUT2D eigenvalue weighted by Gasteiger charge is -2.26. The van der Waals surface area contributed by atoms with Crippen LogP contribution in [0, 0.1) is 10.1 Å². The number of aliphatic carboxylic acids is 1. The monoisotopic (exact) mass is 385 g/mol. The Morgan fingerprint density at radius 3 is 2.36 bits per heavy atom. The molecular weight excluding hydrogens is 362 g/mol. The minimum atomic E-state index is -0.913. The molecule has 2 rings (SSSR count). The van der Waals surface area contributed by atoms with Gasteiger partial charge in [-0.05, 0) is 18.1 Å². The van der Waals surface area contributed by atoms with E-state index in [0.29, 0.717) is 25.2 Å². The minimum Gasteiger partial charge on any atom is -0.481 e. The van der Waals surface area contributed by atoms with Crippen LogP contribution in [0.15, 0.2) is 54.6 Å². The average molecular weight is 385 g/mol. The van der Waals surface area contributed by atoms with Crippen molar-refractivity contribution in [1.82, 2.24) is 4.90 Å². The predicted molar refractivity (Wildman–Crippen MR) is 105 cm³/mol. The first kappa shape index (κ1) is 20.9. The van der Waals surface area contributed by atoms with Crippen LogP contribution in [0.4, 0.5) is 11.4 Å². The number of carbonyl (C=O) groups excluding carboxylic acids is 1. The lowest BCUT2D eigenvalue weighted by Crippen LogP contribution is -2.39. The number of para-hydroxylation sites is 2. The zero-order valence-electron chi connectivity index (χ0n) is 15.7. The Kier molecular flexibility index (Phi) is 7.50. The molecule has 0 aliphatic heterocycles. The molecule has 28 heavy (non-hydrogen) atoms. The third-order valence-electron chi connectivity index (χ3n) is 4.25. The van der Waals surface area contributed by atoms with Gasteiger partial charge in [-0.25, -0.2) is 0 Å².